The van der Waals surface area contributed by atoms with Gasteiger partial charge in [-0.1, -0.05) is 0 Å². The van der Waals surface area contributed by atoms with Crippen molar-refractivity contribution in [1.29, 1.82) is 0 Å². The van der Waals surface area contributed by atoms with E-state index >= 15 is 0 Å². The normalized spacial score (nSPS) is 24.0. The predicted octanol–water partition coefficient (Wildman–Crippen LogP) is 1.39. The van der Waals surface area contributed by atoms with Gasteiger partial charge in [-0.05, 0) is 31.9 Å². The molecule has 3 aliphatic rings. The highest BCUT2D eigenvalue weighted by molar-refractivity contribution is 7.88. The number of piperidine rings is 1. The van der Waals surface area contributed by atoms with Crippen molar-refractivity contribution in [3.63, 3.8) is 0 Å². The first kappa shape index (κ1) is 22.4. The Morgan fingerprint density at radius 3 is 2.74 bits per heavy atom. The molecule has 0 saturated carbocycles. The lowest BCUT2D eigenvalue weighted by Gasteiger charge is -2.52. The number of morpholine rings is 1. The standard InChI is InChI=1S/C23H27N7O4S/c1-23-14-34-10-9-29(23)21-18(30(22(23)31)17-4-7-28(8-5-17)35(2,32)33)13-26-20(27-21)16-11-15-3-6-24-19(15)25-12-16/h3,6,11-13,17H,4-5,7-10,14H2,1-2H3,(H,24,25)/t23-/m0/s1. The average Bonchev–Trinajstić information content (AvgIpc) is 3.32. The van der Waals surface area contributed by atoms with Crippen LogP contribution in [0.5, 0.6) is 0 Å². The van der Waals surface area contributed by atoms with E-state index in [9.17, 15) is 13.2 Å². The van der Waals surface area contributed by atoms with Gasteiger partial charge in [0.05, 0.1) is 25.7 Å². The van der Waals surface area contributed by atoms with Crippen molar-refractivity contribution in [2.45, 2.75) is 31.3 Å². The van der Waals surface area contributed by atoms with Gasteiger partial charge in [0.1, 0.15) is 16.9 Å². The molecule has 35 heavy (non-hydrogen) atoms. The Morgan fingerprint density at radius 2 is 1.97 bits per heavy atom. The summed E-state index contributed by atoms with van der Waals surface area (Å²) in [5.41, 5.74) is 1.35. The Kier molecular flexibility index (Phi) is 5.09. The third-order valence-corrected chi connectivity index (χ3v) is 8.60. The number of ether oxygens (including phenoxy) is 1. The van der Waals surface area contributed by atoms with Gasteiger partial charge in [0, 0.05) is 49.0 Å². The fourth-order valence-corrected chi connectivity index (χ4v) is 6.24. The summed E-state index contributed by atoms with van der Waals surface area (Å²) in [6, 6.07) is 3.80. The molecule has 0 aromatic carbocycles. The first-order valence-electron chi connectivity index (χ1n) is 11.7. The van der Waals surface area contributed by atoms with Crippen molar-refractivity contribution in [3.8, 4) is 11.4 Å². The number of H-pyrrole nitrogens is 1. The van der Waals surface area contributed by atoms with Gasteiger partial charge >= 0.3 is 0 Å². The summed E-state index contributed by atoms with van der Waals surface area (Å²) < 4.78 is 31.2. The van der Waals surface area contributed by atoms with E-state index in [2.05, 4.69) is 15.0 Å². The number of hydrogen-bond acceptors (Lipinski definition) is 8. The van der Waals surface area contributed by atoms with Crippen LogP contribution in [-0.2, 0) is 19.6 Å². The Bertz CT molecular complexity index is 1420. The third-order valence-electron chi connectivity index (χ3n) is 7.30. The minimum Gasteiger partial charge on any atom is -0.377 e. The van der Waals surface area contributed by atoms with E-state index in [1.165, 1.54) is 10.6 Å². The van der Waals surface area contributed by atoms with Crippen LogP contribution in [0.2, 0.25) is 0 Å². The Morgan fingerprint density at radius 1 is 1.17 bits per heavy atom. The number of pyridine rings is 1. The largest absolute Gasteiger partial charge is 0.377 e. The van der Waals surface area contributed by atoms with Crippen LogP contribution >= 0.6 is 0 Å². The summed E-state index contributed by atoms with van der Waals surface area (Å²) in [6.45, 7) is 3.96. The number of nitrogens with one attached hydrogen (secondary N) is 1. The summed E-state index contributed by atoms with van der Waals surface area (Å²) >= 11 is 0. The number of anilines is 2. The van der Waals surface area contributed by atoms with Crippen molar-refractivity contribution >= 4 is 38.5 Å². The molecular formula is C23H27N7O4S. The molecule has 6 heterocycles. The number of fused-ring (bicyclic) bond motifs is 4. The molecule has 6 rings (SSSR count). The fraction of sp³-hybridized carbons (Fsp3) is 0.478. The first-order valence-corrected chi connectivity index (χ1v) is 13.6. The number of aromatic nitrogens is 4. The average molecular weight is 498 g/mol. The molecule has 3 aromatic rings. The van der Waals surface area contributed by atoms with Crippen LogP contribution in [-0.4, -0.2) is 89.3 Å². The molecule has 11 nitrogen and oxygen atoms in total. The van der Waals surface area contributed by atoms with Gasteiger partial charge in [-0.25, -0.2) is 27.7 Å². The topological polar surface area (TPSA) is 125 Å². The van der Waals surface area contributed by atoms with E-state index in [0.717, 1.165) is 16.6 Å². The van der Waals surface area contributed by atoms with E-state index in [1.807, 2.05) is 30.2 Å². The van der Waals surface area contributed by atoms with Crippen molar-refractivity contribution in [2.24, 2.45) is 0 Å². The van der Waals surface area contributed by atoms with E-state index in [4.69, 9.17) is 9.72 Å². The number of hydrogen-bond donors (Lipinski definition) is 1. The van der Waals surface area contributed by atoms with Crippen LogP contribution in [0.4, 0.5) is 11.5 Å². The third kappa shape index (κ3) is 3.58. The van der Waals surface area contributed by atoms with Gasteiger partial charge in [-0.15, -0.1) is 0 Å². The van der Waals surface area contributed by atoms with Gasteiger partial charge < -0.3 is 19.5 Å². The second kappa shape index (κ2) is 7.97. The molecule has 0 unspecified atom stereocenters. The van der Waals surface area contributed by atoms with Crippen molar-refractivity contribution in [3.05, 3.63) is 30.7 Å². The predicted molar refractivity (Wildman–Crippen MR) is 131 cm³/mol. The molecule has 1 atom stereocenters. The van der Waals surface area contributed by atoms with Gasteiger partial charge in [0.25, 0.3) is 5.91 Å². The number of amides is 1. The van der Waals surface area contributed by atoms with Crippen molar-refractivity contribution < 1.29 is 17.9 Å². The molecule has 3 aliphatic heterocycles. The molecule has 12 heteroatoms. The molecule has 2 saturated heterocycles. The minimum absolute atomic E-state index is 0.0609. The van der Waals surface area contributed by atoms with Crippen molar-refractivity contribution in [1.82, 2.24) is 24.2 Å². The molecule has 1 N–H and O–H groups in total. The highest BCUT2D eigenvalue weighted by Crippen LogP contribution is 2.43. The lowest BCUT2D eigenvalue weighted by Crippen LogP contribution is -2.69. The van der Waals surface area contributed by atoms with Gasteiger partial charge in [0.2, 0.25) is 10.0 Å². The maximum absolute atomic E-state index is 13.9. The summed E-state index contributed by atoms with van der Waals surface area (Å²) in [5.74, 6) is 1.17. The summed E-state index contributed by atoms with van der Waals surface area (Å²) in [6.07, 6.45) is 7.62. The lowest BCUT2D eigenvalue weighted by atomic mass is 9.91. The molecule has 2 fully saturated rings. The SMILES string of the molecule is C[C@@]12COCCN1c1nc(-c3cnc4[nH]ccc4c3)ncc1N(C1CCN(S(C)(=O)=O)CC1)C2=O. The quantitative estimate of drug-likeness (QED) is 0.576. The molecule has 184 valence electrons. The van der Waals surface area contributed by atoms with Crippen LogP contribution in [0, 0.1) is 0 Å². The molecule has 0 spiro atoms. The van der Waals surface area contributed by atoms with Crippen LogP contribution in [0.15, 0.2) is 30.7 Å². The molecule has 3 aromatic heterocycles. The number of sulfonamides is 1. The van der Waals surface area contributed by atoms with Gasteiger partial charge in [0.15, 0.2) is 11.6 Å². The summed E-state index contributed by atoms with van der Waals surface area (Å²) in [4.78, 5) is 34.8. The van der Waals surface area contributed by atoms with Crippen LogP contribution in [0.3, 0.4) is 0 Å². The smallest absolute Gasteiger partial charge is 0.255 e. The van der Waals surface area contributed by atoms with E-state index < -0.39 is 15.6 Å². The maximum atomic E-state index is 13.9. The minimum atomic E-state index is -3.26. The second-order valence-electron chi connectivity index (χ2n) is 9.59. The van der Waals surface area contributed by atoms with E-state index in [1.54, 1.807) is 17.3 Å². The summed E-state index contributed by atoms with van der Waals surface area (Å²) in [5, 5.41) is 0.967. The van der Waals surface area contributed by atoms with Gasteiger partial charge in [-0.2, -0.15) is 0 Å². The maximum Gasteiger partial charge on any atom is 0.255 e. The Hall–Kier alpha value is -3.09. The van der Waals surface area contributed by atoms with Gasteiger partial charge in [-0.3, -0.25) is 4.79 Å². The fourth-order valence-electron chi connectivity index (χ4n) is 5.37. The molecule has 0 bridgehead atoms. The monoisotopic (exact) mass is 497 g/mol. The highest BCUT2D eigenvalue weighted by Gasteiger charge is 2.52. The molecule has 1 amide bonds. The zero-order valence-corrected chi connectivity index (χ0v) is 20.5. The zero-order valence-electron chi connectivity index (χ0n) is 19.6. The number of nitrogens with zero attached hydrogens (tertiary/aromatic N) is 6. The summed E-state index contributed by atoms with van der Waals surface area (Å²) in [7, 11) is -3.26. The van der Waals surface area contributed by atoms with Crippen LogP contribution < -0.4 is 9.80 Å². The first-order chi connectivity index (χ1) is 16.8. The van der Waals surface area contributed by atoms with E-state index in [-0.39, 0.29) is 18.6 Å². The van der Waals surface area contributed by atoms with Crippen LogP contribution in [0.25, 0.3) is 22.4 Å². The lowest BCUT2D eigenvalue weighted by molar-refractivity contribution is -0.128. The Labute approximate surface area is 203 Å². The molecule has 0 radical (unpaired) electrons. The number of carbonyl (C=O) groups excluding carboxylic acids is 1. The number of rotatable bonds is 3. The molecule has 0 aliphatic carbocycles. The Balaban J connectivity index is 1.42. The zero-order chi connectivity index (χ0) is 24.4. The number of carbonyl (C=O) groups is 1. The second-order valence-corrected chi connectivity index (χ2v) is 11.6. The van der Waals surface area contributed by atoms with E-state index in [0.29, 0.717) is 56.4 Å². The van der Waals surface area contributed by atoms with Crippen LogP contribution in [0.1, 0.15) is 19.8 Å². The number of aromatic amines is 1. The van der Waals surface area contributed by atoms with Crippen molar-refractivity contribution in [2.75, 3.05) is 48.9 Å². The highest BCUT2D eigenvalue weighted by atomic mass is 32.2. The molecular weight excluding hydrogens is 470 g/mol.